The second-order valence-electron chi connectivity index (χ2n) is 9.19. The van der Waals surface area contributed by atoms with Crippen LogP contribution in [0, 0.1) is 12.8 Å². The molecular formula is C27H35N3O2S. The van der Waals surface area contributed by atoms with E-state index in [4.69, 9.17) is 9.72 Å². The summed E-state index contributed by atoms with van der Waals surface area (Å²) < 4.78 is 7.62. The highest BCUT2D eigenvalue weighted by molar-refractivity contribution is 7.13. The van der Waals surface area contributed by atoms with Crippen molar-refractivity contribution in [3.63, 3.8) is 0 Å². The predicted octanol–water partition coefficient (Wildman–Crippen LogP) is 6.70. The van der Waals surface area contributed by atoms with Crippen LogP contribution in [0.2, 0.25) is 0 Å². The highest BCUT2D eigenvalue weighted by Gasteiger charge is 2.23. The first-order chi connectivity index (χ1) is 16.0. The number of amides is 1. The molecule has 6 heteroatoms. The van der Waals surface area contributed by atoms with E-state index in [0.29, 0.717) is 5.92 Å². The number of nitrogens with zero attached hydrogens (tertiary/aromatic N) is 2. The number of carbonyl (C=O) groups is 1. The highest BCUT2D eigenvalue weighted by Crippen LogP contribution is 2.34. The summed E-state index contributed by atoms with van der Waals surface area (Å²) in [4.78, 5) is 18.0. The molecule has 33 heavy (non-hydrogen) atoms. The first-order valence-electron chi connectivity index (χ1n) is 12.1. The van der Waals surface area contributed by atoms with Gasteiger partial charge in [0, 0.05) is 29.2 Å². The van der Waals surface area contributed by atoms with Gasteiger partial charge < -0.3 is 14.6 Å². The van der Waals surface area contributed by atoms with Crippen LogP contribution in [0.1, 0.15) is 68.4 Å². The summed E-state index contributed by atoms with van der Waals surface area (Å²) in [5, 5.41) is 6.23. The van der Waals surface area contributed by atoms with E-state index in [9.17, 15) is 4.79 Å². The average molecular weight is 466 g/mol. The summed E-state index contributed by atoms with van der Waals surface area (Å²) in [5.41, 5.74) is 4.86. The third kappa shape index (κ3) is 5.32. The second-order valence-corrected chi connectivity index (χ2v) is 10.1. The maximum Gasteiger partial charge on any atom is 0.253 e. The predicted molar refractivity (Wildman–Crippen MR) is 136 cm³/mol. The fourth-order valence-corrected chi connectivity index (χ4v) is 5.43. The molecule has 2 heterocycles. The third-order valence-corrected chi connectivity index (χ3v) is 7.76. The van der Waals surface area contributed by atoms with Crippen LogP contribution in [0.25, 0.3) is 22.0 Å². The van der Waals surface area contributed by atoms with Crippen molar-refractivity contribution in [3.05, 3.63) is 47.0 Å². The molecule has 1 aliphatic carbocycles. The molecule has 1 fully saturated rings. The second kappa shape index (κ2) is 10.6. The Morgan fingerprint density at radius 1 is 1.24 bits per heavy atom. The normalized spacial score (nSPS) is 15.4. The van der Waals surface area contributed by atoms with Gasteiger partial charge in [-0.2, -0.15) is 0 Å². The molecule has 1 aromatic carbocycles. The lowest BCUT2D eigenvalue weighted by molar-refractivity contribution is 0.0938. The van der Waals surface area contributed by atoms with Gasteiger partial charge >= 0.3 is 0 Å². The Balaban J connectivity index is 1.68. The number of ether oxygens (including phenoxy) is 1. The maximum absolute atomic E-state index is 13.1. The van der Waals surface area contributed by atoms with E-state index in [0.717, 1.165) is 51.9 Å². The van der Waals surface area contributed by atoms with Gasteiger partial charge in [0.05, 0.1) is 24.1 Å². The van der Waals surface area contributed by atoms with E-state index in [2.05, 4.69) is 36.0 Å². The number of thiazole rings is 1. The van der Waals surface area contributed by atoms with E-state index >= 15 is 0 Å². The SMILES string of the molecule is CCC(C)NC(=O)c1cc(-c2csc(-c3ccc(OC)cc3)n2)n(CC2CCCCC2)c1C. The standard InChI is InChI=1S/C27H35N3O2S/c1-5-18(2)28-26(31)23-15-25(30(19(23)3)16-20-9-7-6-8-10-20)24-17-33-27(29-24)21-11-13-22(32-4)14-12-21/h11-15,17-18,20H,5-10,16H2,1-4H3,(H,28,31). The maximum atomic E-state index is 13.1. The highest BCUT2D eigenvalue weighted by atomic mass is 32.1. The summed E-state index contributed by atoms with van der Waals surface area (Å²) in [5.74, 6) is 1.51. The summed E-state index contributed by atoms with van der Waals surface area (Å²) in [6.07, 6.45) is 7.39. The number of rotatable bonds is 8. The van der Waals surface area contributed by atoms with Gasteiger partial charge in [0.25, 0.3) is 5.91 Å². The number of hydrogen-bond donors (Lipinski definition) is 1. The van der Waals surface area contributed by atoms with Crippen LogP contribution in [0.4, 0.5) is 0 Å². The fraction of sp³-hybridized carbons (Fsp3) is 0.481. The van der Waals surface area contributed by atoms with Crippen molar-refractivity contribution in [1.29, 1.82) is 0 Å². The molecule has 0 bridgehead atoms. The van der Waals surface area contributed by atoms with Crippen molar-refractivity contribution in [2.45, 2.75) is 71.9 Å². The molecule has 0 radical (unpaired) electrons. The zero-order valence-corrected chi connectivity index (χ0v) is 21.0. The van der Waals surface area contributed by atoms with Crippen LogP contribution >= 0.6 is 11.3 Å². The number of aromatic nitrogens is 2. The van der Waals surface area contributed by atoms with Gasteiger partial charge in [-0.15, -0.1) is 11.3 Å². The molecule has 1 unspecified atom stereocenters. The molecule has 1 atom stereocenters. The molecule has 0 spiro atoms. The zero-order valence-electron chi connectivity index (χ0n) is 20.2. The molecule has 1 amide bonds. The Bertz CT molecular complexity index is 1080. The number of benzene rings is 1. The van der Waals surface area contributed by atoms with Crippen molar-refractivity contribution in [2.75, 3.05) is 7.11 Å². The average Bonchev–Trinajstić information content (AvgIpc) is 3.45. The van der Waals surface area contributed by atoms with Gasteiger partial charge in [-0.3, -0.25) is 4.79 Å². The molecule has 4 rings (SSSR count). The van der Waals surface area contributed by atoms with Crippen LogP contribution in [-0.4, -0.2) is 28.6 Å². The summed E-state index contributed by atoms with van der Waals surface area (Å²) >= 11 is 1.64. The van der Waals surface area contributed by atoms with Crippen LogP contribution in [0.3, 0.4) is 0 Å². The van der Waals surface area contributed by atoms with Crippen molar-refractivity contribution < 1.29 is 9.53 Å². The quantitative estimate of drug-likeness (QED) is 0.402. The molecule has 2 aromatic heterocycles. The van der Waals surface area contributed by atoms with Crippen molar-refractivity contribution >= 4 is 17.2 Å². The molecule has 1 saturated carbocycles. The largest absolute Gasteiger partial charge is 0.497 e. The van der Waals surface area contributed by atoms with E-state index in [1.165, 1.54) is 32.1 Å². The van der Waals surface area contributed by atoms with Crippen LogP contribution in [-0.2, 0) is 6.54 Å². The molecular weight excluding hydrogens is 430 g/mol. The van der Waals surface area contributed by atoms with Gasteiger partial charge in [0.2, 0.25) is 0 Å². The van der Waals surface area contributed by atoms with Crippen LogP contribution in [0.15, 0.2) is 35.7 Å². The molecule has 176 valence electrons. The van der Waals surface area contributed by atoms with E-state index in [1.807, 2.05) is 30.3 Å². The Morgan fingerprint density at radius 2 is 1.97 bits per heavy atom. The number of carbonyl (C=O) groups excluding carboxylic acids is 1. The van der Waals surface area contributed by atoms with E-state index < -0.39 is 0 Å². The molecule has 0 aliphatic heterocycles. The molecule has 3 aromatic rings. The number of nitrogens with one attached hydrogen (secondary N) is 1. The topological polar surface area (TPSA) is 56.1 Å². The minimum absolute atomic E-state index is 0.0103. The molecule has 1 N–H and O–H groups in total. The fourth-order valence-electron chi connectivity index (χ4n) is 4.61. The van der Waals surface area contributed by atoms with Gasteiger partial charge in [-0.25, -0.2) is 4.98 Å². The van der Waals surface area contributed by atoms with Gasteiger partial charge in [0.15, 0.2) is 0 Å². The summed E-state index contributed by atoms with van der Waals surface area (Å²) in [7, 11) is 1.67. The Labute approximate surface area is 201 Å². The smallest absolute Gasteiger partial charge is 0.253 e. The van der Waals surface area contributed by atoms with Gasteiger partial charge in [-0.1, -0.05) is 26.2 Å². The summed E-state index contributed by atoms with van der Waals surface area (Å²) in [6.45, 7) is 7.17. The molecule has 0 saturated heterocycles. The first-order valence-corrected chi connectivity index (χ1v) is 13.0. The van der Waals surface area contributed by atoms with Gasteiger partial charge in [-0.05, 0) is 69.4 Å². The minimum Gasteiger partial charge on any atom is -0.497 e. The summed E-state index contributed by atoms with van der Waals surface area (Å²) in [6, 6.07) is 10.2. The lowest BCUT2D eigenvalue weighted by Crippen LogP contribution is -2.32. The Kier molecular flexibility index (Phi) is 7.53. The Morgan fingerprint density at radius 3 is 2.64 bits per heavy atom. The number of hydrogen-bond acceptors (Lipinski definition) is 4. The van der Waals surface area contributed by atoms with Crippen molar-refractivity contribution in [2.24, 2.45) is 5.92 Å². The van der Waals surface area contributed by atoms with Crippen LogP contribution < -0.4 is 10.1 Å². The van der Waals surface area contributed by atoms with E-state index in [1.54, 1.807) is 18.4 Å². The lowest BCUT2D eigenvalue weighted by atomic mass is 9.89. The third-order valence-electron chi connectivity index (χ3n) is 6.87. The number of methoxy groups -OCH3 is 1. The molecule has 1 aliphatic rings. The minimum atomic E-state index is 0.0103. The Hall–Kier alpha value is -2.60. The monoisotopic (exact) mass is 465 g/mol. The van der Waals surface area contributed by atoms with Crippen molar-refractivity contribution in [1.82, 2.24) is 14.9 Å². The lowest BCUT2D eigenvalue weighted by Gasteiger charge is -2.24. The van der Waals surface area contributed by atoms with Gasteiger partial charge in [0.1, 0.15) is 10.8 Å². The van der Waals surface area contributed by atoms with Crippen LogP contribution in [0.5, 0.6) is 5.75 Å². The van der Waals surface area contributed by atoms with E-state index in [-0.39, 0.29) is 11.9 Å². The first kappa shape index (κ1) is 23.6. The van der Waals surface area contributed by atoms with Crippen molar-refractivity contribution in [3.8, 4) is 27.7 Å². The molecule has 5 nitrogen and oxygen atoms in total. The zero-order chi connectivity index (χ0) is 23.4.